The SMILES string of the molecule is COc1ccc(-c2cc(C(=O)NN=C(C)c3ccc(N4CCOCC4)cc3)c3ccccc3n2)c(OC)c1. The lowest BCUT2D eigenvalue weighted by molar-refractivity contribution is 0.0956. The van der Waals surface area contributed by atoms with Gasteiger partial charge in [-0.25, -0.2) is 10.4 Å². The summed E-state index contributed by atoms with van der Waals surface area (Å²) in [5.74, 6) is 0.960. The largest absolute Gasteiger partial charge is 0.497 e. The number of hydrogen-bond acceptors (Lipinski definition) is 7. The van der Waals surface area contributed by atoms with Crippen molar-refractivity contribution in [2.45, 2.75) is 6.92 Å². The Hall–Kier alpha value is -4.43. The Kier molecular flexibility index (Phi) is 7.51. The van der Waals surface area contributed by atoms with E-state index in [-0.39, 0.29) is 5.91 Å². The highest BCUT2D eigenvalue weighted by Gasteiger charge is 2.17. The lowest BCUT2D eigenvalue weighted by Crippen LogP contribution is -2.36. The molecule has 0 atom stereocenters. The molecule has 3 aromatic carbocycles. The summed E-state index contributed by atoms with van der Waals surface area (Å²) in [6.45, 7) is 5.12. The maximum absolute atomic E-state index is 13.4. The summed E-state index contributed by atoms with van der Waals surface area (Å²) in [7, 11) is 3.20. The first-order valence-electron chi connectivity index (χ1n) is 12.5. The van der Waals surface area contributed by atoms with E-state index in [1.807, 2.05) is 55.5 Å². The van der Waals surface area contributed by atoms with Crippen molar-refractivity contribution in [3.8, 4) is 22.8 Å². The van der Waals surface area contributed by atoms with Crippen LogP contribution < -0.4 is 19.8 Å². The van der Waals surface area contributed by atoms with Gasteiger partial charge in [-0.1, -0.05) is 30.3 Å². The van der Waals surface area contributed by atoms with Gasteiger partial charge in [-0.3, -0.25) is 4.79 Å². The molecule has 8 heteroatoms. The van der Waals surface area contributed by atoms with Crippen LogP contribution in [0.15, 0.2) is 77.9 Å². The molecule has 194 valence electrons. The topological polar surface area (TPSA) is 85.3 Å². The third-order valence-corrected chi connectivity index (χ3v) is 6.63. The number of ether oxygens (including phenoxy) is 3. The highest BCUT2D eigenvalue weighted by Crippen LogP contribution is 2.34. The van der Waals surface area contributed by atoms with Gasteiger partial charge in [-0.05, 0) is 48.9 Å². The normalized spacial score (nSPS) is 13.9. The van der Waals surface area contributed by atoms with Gasteiger partial charge in [0, 0.05) is 35.8 Å². The van der Waals surface area contributed by atoms with E-state index in [2.05, 4.69) is 27.6 Å². The number of nitrogens with one attached hydrogen (secondary N) is 1. The summed E-state index contributed by atoms with van der Waals surface area (Å²) in [5, 5.41) is 5.14. The molecule has 1 saturated heterocycles. The van der Waals surface area contributed by atoms with Crippen LogP contribution in [0, 0.1) is 0 Å². The number of fused-ring (bicyclic) bond motifs is 1. The van der Waals surface area contributed by atoms with Gasteiger partial charge < -0.3 is 19.1 Å². The van der Waals surface area contributed by atoms with E-state index in [1.165, 1.54) is 0 Å². The van der Waals surface area contributed by atoms with Gasteiger partial charge in [0.05, 0.1) is 49.9 Å². The summed E-state index contributed by atoms with van der Waals surface area (Å²) in [6, 6.07) is 23.0. The van der Waals surface area contributed by atoms with Crippen molar-refractivity contribution in [2.24, 2.45) is 5.10 Å². The number of pyridine rings is 1. The number of rotatable bonds is 7. The maximum atomic E-state index is 13.4. The highest BCUT2D eigenvalue weighted by molar-refractivity contribution is 6.08. The van der Waals surface area contributed by atoms with Gasteiger partial charge in [0.25, 0.3) is 5.91 Å². The van der Waals surface area contributed by atoms with E-state index < -0.39 is 0 Å². The van der Waals surface area contributed by atoms with Gasteiger partial charge >= 0.3 is 0 Å². The van der Waals surface area contributed by atoms with Crippen LogP contribution in [0.4, 0.5) is 5.69 Å². The number of amides is 1. The molecule has 1 fully saturated rings. The Morgan fingerprint density at radius 2 is 1.74 bits per heavy atom. The summed E-state index contributed by atoms with van der Waals surface area (Å²) in [6.07, 6.45) is 0. The van der Waals surface area contributed by atoms with Crippen molar-refractivity contribution >= 4 is 28.2 Å². The molecule has 0 aliphatic carbocycles. The molecule has 2 heterocycles. The first-order chi connectivity index (χ1) is 18.6. The van der Waals surface area contributed by atoms with Crippen molar-refractivity contribution in [2.75, 3.05) is 45.4 Å². The zero-order valence-corrected chi connectivity index (χ0v) is 21.7. The van der Waals surface area contributed by atoms with E-state index in [9.17, 15) is 4.79 Å². The van der Waals surface area contributed by atoms with E-state index in [0.29, 0.717) is 34.0 Å². The fourth-order valence-corrected chi connectivity index (χ4v) is 4.51. The Balaban J connectivity index is 1.41. The van der Waals surface area contributed by atoms with Crippen LogP contribution >= 0.6 is 0 Å². The number of hydrogen-bond donors (Lipinski definition) is 1. The fraction of sp³-hybridized carbons (Fsp3) is 0.233. The molecular weight excluding hydrogens is 480 g/mol. The number of benzene rings is 3. The predicted octanol–water partition coefficient (Wildman–Crippen LogP) is 4.91. The monoisotopic (exact) mass is 510 g/mol. The Morgan fingerprint density at radius 1 is 0.974 bits per heavy atom. The highest BCUT2D eigenvalue weighted by atomic mass is 16.5. The van der Waals surface area contributed by atoms with Crippen molar-refractivity contribution in [3.63, 3.8) is 0 Å². The quantitative estimate of drug-likeness (QED) is 0.281. The first-order valence-corrected chi connectivity index (χ1v) is 12.5. The second kappa shape index (κ2) is 11.3. The van der Waals surface area contributed by atoms with Crippen LogP contribution in [0.5, 0.6) is 11.5 Å². The van der Waals surface area contributed by atoms with Gasteiger partial charge in [-0.2, -0.15) is 5.10 Å². The molecule has 1 amide bonds. The van der Waals surface area contributed by atoms with Crippen molar-refractivity contribution in [3.05, 3.63) is 83.9 Å². The van der Waals surface area contributed by atoms with E-state index in [0.717, 1.165) is 48.5 Å². The molecular formula is C30H30N4O4. The lowest BCUT2D eigenvalue weighted by atomic mass is 10.0. The third-order valence-electron chi connectivity index (χ3n) is 6.63. The molecule has 1 N–H and O–H groups in total. The molecule has 0 radical (unpaired) electrons. The van der Waals surface area contributed by atoms with Crippen LogP contribution in [-0.4, -0.2) is 57.1 Å². The second-order valence-corrected chi connectivity index (χ2v) is 8.92. The summed E-state index contributed by atoms with van der Waals surface area (Å²) in [4.78, 5) is 20.5. The number of carbonyl (C=O) groups is 1. The number of carbonyl (C=O) groups excluding carboxylic acids is 1. The van der Waals surface area contributed by atoms with Gasteiger partial charge in [-0.15, -0.1) is 0 Å². The molecule has 1 aromatic heterocycles. The zero-order chi connectivity index (χ0) is 26.5. The van der Waals surface area contributed by atoms with E-state index in [4.69, 9.17) is 19.2 Å². The van der Waals surface area contributed by atoms with Crippen molar-refractivity contribution in [1.82, 2.24) is 10.4 Å². The molecule has 0 bridgehead atoms. The number of morpholine rings is 1. The molecule has 0 unspecified atom stereocenters. The van der Waals surface area contributed by atoms with E-state index in [1.54, 1.807) is 26.4 Å². The van der Waals surface area contributed by atoms with Crippen molar-refractivity contribution in [1.29, 1.82) is 0 Å². The number of aromatic nitrogens is 1. The van der Waals surface area contributed by atoms with Crippen LogP contribution in [0.1, 0.15) is 22.8 Å². The van der Waals surface area contributed by atoms with Crippen LogP contribution in [0.3, 0.4) is 0 Å². The van der Waals surface area contributed by atoms with E-state index >= 15 is 0 Å². The van der Waals surface area contributed by atoms with Gasteiger partial charge in [0.2, 0.25) is 0 Å². The Bertz CT molecular complexity index is 1480. The number of anilines is 1. The van der Waals surface area contributed by atoms with Crippen LogP contribution in [-0.2, 0) is 4.74 Å². The molecule has 0 spiro atoms. The standard InChI is InChI=1S/C30H30N4O4/c1-20(21-8-10-22(11-9-21)34-14-16-38-17-15-34)32-33-30(35)26-19-28(31-27-7-5-4-6-24(26)27)25-13-12-23(36-2)18-29(25)37-3/h4-13,18-19H,14-17H2,1-3H3,(H,33,35). The lowest BCUT2D eigenvalue weighted by Gasteiger charge is -2.28. The Morgan fingerprint density at radius 3 is 2.47 bits per heavy atom. The average Bonchev–Trinajstić information content (AvgIpc) is 2.99. The van der Waals surface area contributed by atoms with Gasteiger partial charge in [0.15, 0.2) is 0 Å². The second-order valence-electron chi connectivity index (χ2n) is 8.92. The molecule has 1 aliphatic heterocycles. The van der Waals surface area contributed by atoms with Crippen LogP contribution in [0.2, 0.25) is 0 Å². The number of methoxy groups -OCH3 is 2. The predicted molar refractivity (Wildman–Crippen MR) is 149 cm³/mol. The first kappa shape index (κ1) is 25.2. The minimum atomic E-state index is -0.318. The molecule has 1 aliphatic rings. The molecule has 38 heavy (non-hydrogen) atoms. The average molecular weight is 511 g/mol. The molecule has 5 rings (SSSR count). The smallest absolute Gasteiger partial charge is 0.272 e. The minimum absolute atomic E-state index is 0.318. The summed E-state index contributed by atoms with van der Waals surface area (Å²) >= 11 is 0. The fourth-order valence-electron chi connectivity index (χ4n) is 4.51. The maximum Gasteiger partial charge on any atom is 0.272 e. The Labute approximate surface area is 221 Å². The van der Waals surface area contributed by atoms with Crippen molar-refractivity contribution < 1.29 is 19.0 Å². The van der Waals surface area contributed by atoms with Crippen LogP contribution in [0.25, 0.3) is 22.2 Å². The summed E-state index contributed by atoms with van der Waals surface area (Å²) in [5.41, 5.74) is 8.09. The third kappa shape index (κ3) is 5.31. The number of nitrogens with zero attached hydrogens (tertiary/aromatic N) is 3. The zero-order valence-electron chi connectivity index (χ0n) is 21.7. The molecule has 0 saturated carbocycles. The minimum Gasteiger partial charge on any atom is -0.497 e. The number of hydrazone groups is 1. The number of para-hydroxylation sites is 1. The van der Waals surface area contributed by atoms with Gasteiger partial charge in [0.1, 0.15) is 11.5 Å². The molecule has 8 nitrogen and oxygen atoms in total. The summed E-state index contributed by atoms with van der Waals surface area (Å²) < 4.78 is 16.3. The molecule has 4 aromatic rings.